The van der Waals surface area contributed by atoms with E-state index < -0.39 is 0 Å². The molecule has 2 unspecified atom stereocenters. The van der Waals surface area contributed by atoms with E-state index in [9.17, 15) is 4.79 Å². The summed E-state index contributed by atoms with van der Waals surface area (Å²) < 4.78 is 2.84. The highest BCUT2D eigenvalue weighted by molar-refractivity contribution is 9.10. The molecule has 9 nitrogen and oxygen atoms in total. The van der Waals surface area contributed by atoms with E-state index >= 15 is 0 Å². The van der Waals surface area contributed by atoms with Crippen LogP contribution in [0.1, 0.15) is 46.3 Å². The highest BCUT2D eigenvalue weighted by Gasteiger charge is 2.32. The van der Waals surface area contributed by atoms with Gasteiger partial charge in [0.05, 0.1) is 12.1 Å². The average Bonchev–Trinajstić information content (AvgIpc) is 3.52. The fourth-order valence-corrected chi connectivity index (χ4v) is 5.66. The van der Waals surface area contributed by atoms with Gasteiger partial charge in [-0.15, -0.1) is 5.10 Å². The summed E-state index contributed by atoms with van der Waals surface area (Å²) in [4.78, 5) is 22.3. The molecule has 1 N–H and O–H groups in total. The first-order valence-corrected chi connectivity index (χ1v) is 14.8. The number of rotatable bonds is 8. The fraction of sp³-hybridized carbons (Fsp3) is 0.219. The van der Waals surface area contributed by atoms with Crippen LogP contribution in [0, 0.1) is 0 Å². The zero-order valence-corrected chi connectivity index (χ0v) is 24.8. The molecule has 0 spiro atoms. The van der Waals surface area contributed by atoms with Crippen LogP contribution in [0.5, 0.6) is 0 Å². The van der Waals surface area contributed by atoms with Crippen LogP contribution in [0.15, 0.2) is 108 Å². The van der Waals surface area contributed by atoms with Crippen molar-refractivity contribution in [2.75, 3.05) is 36.4 Å². The number of anilines is 2. The van der Waals surface area contributed by atoms with Crippen molar-refractivity contribution in [1.29, 1.82) is 0 Å². The lowest BCUT2D eigenvalue weighted by atomic mass is 10.0. The Morgan fingerprint density at radius 2 is 1.60 bits per heavy atom. The Balaban J connectivity index is 1.32. The van der Waals surface area contributed by atoms with Crippen molar-refractivity contribution in [2.45, 2.75) is 19.0 Å². The van der Waals surface area contributed by atoms with E-state index in [2.05, 4.69) is 76.7 Å². The summed E-state index contributed by atoms with van der Waals surface area (Å²) in [5.41, 5.74) is 3.44. The minimum atomic E-state index is -0.221. The summed E-state index contributed by atoms with van der Waals surface area (Å²) in [5, 5.41) is 16.2. The molecule has 0 saturated carbocycles. The van der Waals surface area contributed by atoms with Crippen LogP contribution < -0.4 is 10.2 Å². The van der Waals surface area contributed by atoms with Crippen LogP contribution >= 0.6 is 15.9 Å². The second-order valence-electron chi connectivity index (χ2n) is 10.3. The number of hydrogen-bond donors (Lipinski definition) is 1. The minimum Gasteiger partial charge on any atom is -0.354 e. The van der Waals surface area contributed by atoms with Crippen molar-refractivity contribution in [2.24, 2.45) is 0 Å². The van der Waals surface area contributed by atoms with E-state index in [4.69, 9.17) is 0 Å². The predicted molar refractivity (Wildman–Crippen MR) is 166 cm³/mol. The van der Waals surface area contributed by atoms with Gasteiger partial charge in [0.1, 0.15) is 5.82 Å². The summed E-state index contributed by atoms with van der Waals surface area (Å²) in [5.74, 6) is 1.57. The lowest BCUT2D eigenvalue weighted by molar-refractivity contribution is 0.102. The van der Waals surface area contributed by atoms with E-state index in [-0.39, 0.29) is 18.0 Å². The van der Waals surface area contributed by atoms with Gasteiger partial charge in [-0.3, -0.25) is 9.69 Å². The van der Waals surface area contributed by atoms with Gasteiger partial charge < -0.3 is 10.2 Å². The second-order valence-corrected chi connectivity index (χ2v) is 11.2. The Morgan fingerprint density at radius 1 is 0.857 bits per heavy atom. The Bertz CT molecular complexity index is 1620. The molecule has 0 bridgehead atoms. The zero-order chi connectivity index (χ0) is 28.9. The lowest BCUT2D eigenvalue weighted by Gasteiger charge is -2.39. The molecule has 0 aliphatic carbocycles. The van der Waals surface area contributed by atoms with Gasteiger partial charge in [0.25, 0.3) is 5.91 Å². The van der Waals surface area contributed by atoms with Crippen LogP contribution in [-0.4, -0.2) is 62.2 Å². The van der Waals surface area contributed by atoms with E-state index in [1.165, 1.54) is 0 Å². The first kappa shape index (κ1) is 27.7. The Morgan fingerprint density at radius 3 is 2.33 bits per heavy atom. The number of carbonyl (C=O) groups is 1. The van der Waals surface area contributed by atoms with Gasteiger partial charge in [-0.2, -0.15) is 0 Å². The first-order chi connectivity index (χ1) is 20.6. The van der Waals surface area contributed by atoms with Crippen LogP contribution in [0.4, 0.5) is 11.5 Å². The highest BCUT2D eigenvalue weighted by Crippen LogP contribution is 2.32. The molecule has 2 atom stereocenters. The topological polar surface area (TPSA) is 92.1 Å². The summed E-state index contributed by atoms with van der Waals surface area (Å²) in [6.07, 6.45) is 1.83. The molecule has 5 aromatic rings. The summed E-state index contributed by atoms with van der Waals surface area (Å²) in [6.45, 7) is 5.35. The van der Waals surface area contributed by atoms with Gasteiger partial charge in [0.15, 0.2) is 5.82 Å². The van der Waals surface area contributed by atoms with Gasteiger partial charge in [0, 0.05) is 48.1 Å². The molecular formula is C32H31BrN8O. The second kappa shape index (κ2) is 12.6. The van der Waals surface area contributed by atoms with Crippen molar-refractivity contribution in [3.63, 3.8) is 0 Å². The number of carbonyl (C=O) groups excluding carboxylic acids is 1. The quantitative estimate of drug-likeness (QED) is 0.241. The Labute approximate surface area is 253 Å². The third-order valence-electron chi connectivity index (χ3n) is 7.63. The molecule has 1 fully saturated rings. The number of nitrogens with zero attached hydrogens (tertiary/aromatic N) is 7. The molecule has 42 heavy (non-hydrogen) atoms. The molecule has 3 aromatic carbocycles. The number of hydrogen-bond acceptors (Lipinski definition) is 7. The standard InChI is InChI=1S/C32H31BrN8O/c1-23(24-8-3-2-4-9-24)41-31(36-37-38-41)30(40-20-18-39(19-21-40)29-12-5-6-17-34-29)26-10-7-11-28(22-26)35-32(42)25-13-15-27(33)16-14-25/h2-17,22-23,30H,18-21H2,1H3,(H,35,42). The number of piperazine rings is 1. The molecule has 1 saturated heterocycles. The zero-order valence-electron chi connectivity index (χ0n) is 23.2. The molecule has 3 heterocycles. The summed E-state index contributed by atoms with van der Waals surface area (Å²) in [7, 11) is 0. The number of nitrogens with one attached hydrogen (secondary N) is 1. The van der Waals surface area contributed by atoms with Crippen LogP contribution in [0.2, 0.25) is 0 Å². The first-order valence-electron chi connectivity index (χ1n) is 14.0. The van der Waals surface area contributed by atoms with Crippen molar-refractivity contribution in [3.05, 3.63) is 130 Å². The van der Waals surface area contributed by atoms with Crippen molar-refractivity contribution in [3.8, 4) is 0 Å². The maximum Gasteiger partial charge on any atom is 0.255 e. The molecule has 6 rings (SSSR count). The van der Waals surface area contributed by atoms with Crippen LogP contribution in [0.3, 0.4) is 0 Å². The lowest BCUT2D eigenvalue weighted by Crippen LogP contribution is -2.48. The molecule has 1 amide bonds. The molecule has 10 heteroatoms. The maximum absolute atomic E-state index is 13.0. The normalized spacial score (nSPS) is 15.2. The molecule has 2 aromatic heterocycles. The van der Waals surface area contributed by atoms with Crippen LogP contribution in [-0.2, 0) is 0 Å². The minimum absolute atomic E-state index is 0.0613. The maximum atomic E-state index is 13.0. The third kappa shape index (κ3) is 6.09. The SMILES string of the molecule is CC(c1ccccc1)n1nnnc1C(c1cccc(NC(=O)c2ccc(Br)cc2)c1)N1CCN(c2ccccn2)CC1. The number of pyridine rings is 1. The van der Waals surface area contributed by atoms with Gasteiger partial charge >= 0.3 is 0 Å². The predicted octanol–water partition coefficient (Wildman–Crippen LogP) is 5.60. The Kier molecular flexibility index (Phi) is 8.34. The fourth-order valence-electron chi connectivity index (χ4n) is 5.39. The molecular weight excluding hydrogens is 592 g/mol. The summed E-state index contributed by atoms with van der Waals surface area (Å²) in [6, 6.07) is 31.3. The van der Waals surface area contributed by atoms with Gasteiger partial charge in [-0.1, -0.05) is 64.5 Å². The molecule has 0 radical (unpaired) electrons. The molecule has 1 aliphatic heterocycles. The van der Waals surface area contributed by atoms with Gasteiger partial charge in [-0.05, 0) is 77.0 Å². The van der Waals surface area contributed by atoms with E-state index in [0.29, 0.717) is 11.3 Å². The van der Waals surface area contributed by atoms with Crippen LogP contribution in [0.25, 0.3) is 0 Å². The van der Waals surface area contributed by atoms with E-state index in [1.54, 1.807) is 12.1 Å². The Hall–Kier alpha value is -4.41. The average molecular weight is 624 g/mol. The smallest absolute Gasteiger partial charge is 0.255 e. The highest BCUT2D eigenvalue weighted by atomic mass is 79.9. The van der Waals surface area contributed by atoms with Gasteiger partial charge in [0.2, 0.25) is 0 Å². The third-order valence-corrected chi connectivity index (χ3v) is 8.16. The van der Waals surface area contributed by atoms with Crippen molar-refractivity contribution in [1.82, 2.24) is 30.1 Å². The number of benzene rings is 3. The van der Waals surface area contributed by atoms with Crippen molar-refractivity contribution >= 4 is 33.3 Å². The number of amides is 1. The van der Waals surface area contributed by atoms with E-state index in [0.717, 1.165) is 53.4 Å². The van der Waals surface area contributed by atoms with Gasteiger partial charge in [-0.25, -0.2) is 9.67 Å². The number of tetrazole rings is 1. The number of aromatic nitrogens is 5. The van der Waals surface area contributed by atoms with E-state index in [1.807, 2.05) is 77.6 Å². The number of halogens is 1. The largest absolute Gasteiger partial charge is 0.354 e. The monoisotopic (exact) mass is 622 g/mol. The van der Waals surface area contributed by atoms with Crippen molar-refractivity contribution < 1.29 is 4.79 Å². The molecule has 1 aliphatic rings. The summed E-state index contributed by atoms with van der Waals surface area (Å²) >= 11 is 3.43. The molecule has 212 valence electrons.